The number of nitrogens with zero attached hydrogens (tertiary/aromatic N) is 2. The smallest absolute Gasteiger partial charge is 0.307 e. The lowest BCUT2D eigenvalue weighted by Gasteiger charge is -2.31. The number of fused-ring (bicyclic) bond motifs is 2. The van der Waals surface area contributed by atoms with Crippen LogP contribution in [0.5, 0.6) is 0 Å². The van der Waals surface area contributed by atoms with E-state index in [1.54, 1.807) is 16.7 Å². The normalized spacial score (nSPS) is 12.1. The number of nitro groups is 1. The van der Waals surface area contributed by atoms with E-state index in [1.165, 1.54) is 18.2 Å². The van der Waals surface area contributed by atoms with Gasteiger partial charge in [0.15, 0.2) is 0 Å². The molecule has 0 aliphatic carbocycles. The third-order valence-corrected chi connectivity index (χ3v) is 5.48. The summed E-state index contributed by atoms with van der Waals surface area (Å²) in [7, 11) is 0. The molecule has 6 nitrogen and oxygen atoms in total. The zero-order chi connectivity index (χ0) is 19.0. The number of para-hydroxylation sites is 2. The van der Waals surface area contributed by atoms with E-state index in [2.05, 4.69) is 5.32 Å². The van der Waals surface area contributed by atoms with Crippen molar-refractivity contribution in [3.05, 3.63) is 81.9 Å². The van der Waals surface area contributed by atoms with Crippen molar-refractivity contribution in [1.29, 1.82) is 0 Å². The average Bonchev–Trinajstić information content (AvgIpc) is 2.67. The van der Waals surface area contributed by atoms with Crippen LogP contribution in [-0.4, -0.2) is 11.0 Å². The van der Waals surface area contributed by atoms with Gasteiger partial charge in [-0.05, 0) is 36.4 Å². The lowest BCUT2D eigenvalue weighted by molar-refractivity contribution is -0.384. The van der Waals surface area contributed by atoms with Crippen LogP contribution < -0.4 is 10.2 Å². The highest BCUT2D eigenvalue weighted by Gasteiger charge is 2.28. The minimum absolute atomic E-state index is 0.0167. The standard InChI is InChI=1S/C19H12ClN3O3S/c20-13-10-9-12(11-16(13)23(25)26)21-19(24)22-14-5-1-3-7-17(14)27-18-8-4-2-6-15(18)22/h1-11H,(H,21,24). The Bertz CT molecular complexity index is 1030. The fourth-order valence-electron chi connectivity index (χ4n) is 2.83. The maximum Gasteiger partial charge on any atom is 0.331 e. The lowest BCUT2D eigenvalue weighted by atomic mass is 10.2. The van der Waals surface area contributed by atoms with Gasteiger partial charge < -0.3 is 5.32 Å². The summed E-state index contributed by atoms with van der Waals surface area (Å²) in [5.74, 6) is 0. The van der Waals surface area contributed by atoms with Crippen molar-refractivity contribution >= 4 is 52.1 Å². The number of hydrogen-bond acceptors (Lipinski definition) is 4. The molecular weight excluding hydrogens is 386 g/mol. The number of nitro benzene ring substituents is 1. The van der Waals surface area contributed by atoms with E-state index in [9.17, 15) is 14.9 Å². The molecule has 0 saturated carbocycles. The Labute approximate surface area is 163 Å². The first kappa shape index (κ1) is 17.4. The van der Waals surface area contributed by atoms with Crippen LogP contribution in [0.15, 0.2) is 76.5 Å². The molecule has 1 heterocycles. The maximum absolute atomic E-state index is 13.1. The predicted molar refractivity (Wildman–Crippen MR) is 106 cm³/mol. The molecular formula is C19H12ClN3O3S. The van der Waals surface area contributed by atoms with Gasteiger partial charge in [-0.15, -0.1) is 0 Å². The molecule has 27 heavy (non-hydrogen) atoms. The summed E-state index contributed by atoms with van der Waals surface area (Å²) in [5, 5.41) is 13.8. The van der Waals surface area contributed by atoms with Crippen LogP contribution in [0.3, 0.4) is 0 Å². The molecule has 8 heteroatoms. The number of urea groups is 1. The molecule has 0 atom stereocenters. The Hall–Kier alpha value is -3.03. The van der Waals surface area contributed by atoms with E-state index in [1.807, 2.05) is 48.5 Å². The number of amides is 2. The molecule has 0 bridgehead atoms. The molecule has 0 unspecified atom stereocenters. The van der Waals surface area contributed by atoms with Crippen LogP contribution in [0.2, 0.25) is 5.02 Å². The van der Waals surface area contributed by atoms with Crippen molar-refractivity contribution in [2.24, 2.45) is 0 Å². The maximum atomic E-state index is 13.1. The number of anilines is 3. The van der Waals surface area contributed by atoms with Crippen LogP contribution in [0, 0.1) is 10.1 Å². The largest absolute Gasteiger partial charge is 0.331 e. The molecule has 0 saturated heterocycles. The number of carbonyl (C=O) groups is 1. The van der Waals surface area contributed by atoms with Gasteiger partial charge in [0.2, 0.25) is 0 Å². The molecule has 3 aromatic rings. The minimum Gasteiger partial charge on any atom is -0.307 e. The zero-order valence-corrected chi connectivity index (χ0v) is 15.3. The first-order chi connectivity index (χ1) is 13.0. The Kier molecular flexibility index (Phi) is 4.47. The number of nitrogens with one attached hydrogen (secondary N) is 1. The molecule has 1 aliphatic rings. The van der Waals surface area contributed by atoms with Gasteiger partial charge in [0, 0.05) is 21.5 Å². The van der Waals surface area contributed by atoms with Crippen molar-refractivity contribution in [1.82, 2.24) is 0 Å². The number of halogens is 1. The van der Waals surface area contributed by atoms with Crippen LogP contribution in [0.25, 0.3) is 0 Å². The molecule has 4 rings (SSSR count). The van der Waals surface area contributed by atoms with Crippen molar-refractivity contribution in [3.63, 3.8) is 0 Å². The van der Waals surface area contributed by atoms with Crippen molar-refractivity contribution in [3.8, 4) is 0 Å². The summed E-state index contributed by atoms with van der Waals surface area (Å²) in [5.41, 5.74) is 1.54. The second kappa shape index (κ2) is 6.94. The SMILES string of the molecule is O=C(Nc1ccc(Cl)c([N+](=O)[O-])c1)N1c2ccccc2Sc2ccccc21. The van der Waals surface area contributed by atoms with Gasteiger partial charge in [-0.25, -0.2) is 4.79 Å². The Morgan fingerprint density at radius 3 is 2.19 bits per heavy atom. The van der Waals surface area contributed by atoms with Crippen LogP contribution in [0.4, 0.5) is 27.5 Å². The Morgan fingerprint density at radius 2 is 1.59 bits per heavy atom. The fraction of sp³-hybridized carbons (Fsp3) is 0. The van der Waals surface area contributed by atoms with Gasteiger partial charge in [0.25, 0.3) is 5.69 Å². The molecule has 1 aliphatic heterocycles. The number of benzene rings is 3. The van der Waals surface area contributed by atoms with E-state index in [0.29, 0.717) is 5.69 Å². The topological polar surface area (TPSA) is 75.5 Å². The molecule has 1 N–H and O–H groups in total. The Morgan fingerprint density at radius 1 is 1.00 bits per heavy atom. The van der Waals surface area contributed by atoms with Crippen molar-refractivity contribution < 1.29 is 9.72 Å². The summed E-state index contributed by atoms with van der Waals surface area (Å²) in [4.78, 5) is 27.0. The number of hydrogen-bond donors (Lipinski definition) is 1. The number of carbonyl (C=O) groups excluding carboxylic acids is 1. The van der Waals surface area contributed by atoms with E-state index in [0.717, 1.165) is 21.2 Å². The van der Waals surface area contributed by atoms with E-state index >= 15 is 0 Å². The van der Waals surface area contributed by atoms with Gasteiger partial charge in [0.05, 0.1) is 16.3 Å². The zero-order valence-electron chi connectivity index (χ0n) is 13.8. The van der Waals surface area contributed by atoms with Gasteiger partial charge >= 0.3 is 6.03 Å². The molecule has 0 radical (unpaired) electrons. The van der Waals surface area contributed by atoms with E-state index in [-0.39, 0.29) is 10.7 Å². The molecule has 0 spiro atoms. The van der Waals surface area contributed by atoms with Crippen LogP contribution in [-0.2, 0) is 0 Å². The Balaban J connectivity index is 1.72. The first-order valence-corrected chi connectivity index (χ1v) is 9.15. The summed E-state index contributed by atoms with van der Waals surface area (Å²) >= 11 is 7.43. The van der Waals surface area contributed by atoms with Gasteiger partial charge in [-0.3, -0.25) is 15.0 Å². The average molecular weight is 398 g/mol. The van der Waals surface area contributed by atoms with Crippen molar-refractivity contribution in [2.75, 3.05) is 10.2 Å². The molecule has 3 aromatic carbocycles. The lowest BCUT2D eigenvalue weighted by Crippen LogP contribution is -2.32. The highest BCUT2D eigenvalue weighted by Crippen LogP contribution is 2.48. The highest BCUT2D eigenvalue weighted by molar-refractivity contribution is 7.99. The van der Waals surface area contributed by atoms with E-state index < -0.39 is 11.0 Å². The molecule has 2 amide bonds. The second-order valence-corrected chi connectivity index (χ2v) is 7.22. The van der Waals surface area contributed by atoms with Gasteiger partial charge in [-0.1, -0.05) is 47.6 Å². The minimum atomic E-state index is -0.583. The molecule has 134 valence electrons. The monoisotopic (exact) mass is 397 g/mol. The summed E-state index contributed by atoms with van der Waals surface area (Å²) in [6, 6.07) is 18.9. The molecule has 0 fully saturated rings. The van der Waals surface area contributed by atoms with Crippen molar-refractivity contribution in [2.45, 2.75) is 9.79 Å². The van der Waals surface area contributed by atoms with E-state index in [4.69, 9.17) is 11.6 Å². The van der Waals surface area contributed by atoms with Gasteiger partial charge in [0.1, 0.15) is 5.02 Å². The quantitative estimate of drug-likeness (QED) is 0.419. The van der Waals surface area contributed by atoms with Crippen LogP contribution in [0.1, 0.15) is 0 Å². The third kappa shape index (κ3) is 3.22. The predicted octanol–water partition coefficient (Wildman–Crippen LogP) is 6.08. The number of rotatable bonds is 2. The summed E-state index contributed by atoms with van der Waals surface area (Å²) in [6.45, 7) is 0. The van der Waals surface area contributed by atoms with Crippen LogP contribution >= 0.6 is 23.4 Å². The fourth-order valence-corrected chi connectivity index (χ4v) is 4.08. The van der Waals surface area contributed by atoms with Gasteiger partial charge in [-0.2, -0.15) is 0 Å². The summed E-state index contributed by atoms with van der Waals surface area (Å²) in [6.07, 6.45) is 0. The highest BCUT2D eigenvalue weighted by atomic mass is 35.5. The molecule has 0 aromatic heterocycles. The summed E-state index contributed by atoms with van der Waals surface area (Å²) < 4.78 is 0. The first-order valence-electron chi connectivity index (χ1n) is 7.95. The third-order valence-electron chi connectivity index (χ3n) is 4.03. The second-order valence-electron chi connectivity index (χ2n) is 5.73.